The first kappa shape index (κ1) is 21.8. The second-order valence-electron chi connectivity index (χ2n) is 8.23. The van der Waals surface area contributed by atoms with Crippen LogP contribution in [0.3, 0.4) is 0 Å². The van der Waals surface area contributed by atoms with E-state index in [1.54, 1.807) is 24.4 Å². The van der Waals surface area contributed by atoms with E-state index in [4.69, 9.17) is 4.98 Å². The molecule has 1 aliphatic heterocycles. The van der Waals surface area contributed by atoms with Gasteiger partial charge in [0.15, 0.2) is 0 Å². The number of rotatable bonds is 5. The van der Waals surface area contributed by atoms with E-state index in [1.165, 1.54) is 11.0 Å². The third-order valence-corrected chi connectivity index (χ3v) is 6.23. The topological polar surface area (TPSA) is 85.3 Å². The predicted octanol–water partition coefficient (Wildman–Crippen LogP) is 4.66. The van der Waals surface area contributed by atoms with E-state index in [2.05, 4.69) is 15.1 Å². The molecule has 1 amide bonds. The third-order valence-electron chi connectivity index (χ3n) is 6.23. The highest BCUT2D eigenvalue weighted by molar-refractivity contribution is 5.66. The number of benzene rings is 2. The molecule has 7 nitrogen and oxygen atoms in total. The number of hydrogen-bond donors (Lipinski definition) is 2. The van der Waals surface area contributed by atoms with Gasteiger partial charge in [-0.3, -0.25) is 15.0 Å². The molecule has 1 fully saturated rings. The summed E-state index contributed by atoms with van der Waals surface area (Å²) in [5.41, 5.74) is 4.69. The molecule has 3 heterocycles. The lowest BCUT2D eigenvalue weighted by molar-refractivity contribution is 0.0932. The van der Waals surface area contributed by atoms with Crippen molar-refractivity contribution in [2.45, 2.75) is 6.04 Å². The van der Waals surface area contributed by atoms with Gasteiger partial charge in [-0.05, 0) is 23.8 Å². The molecule has 172 valence electrons. The number of hydrogen-bond acceptors (Lipinski definition) is 4. The Morgan fingerprint density at radius 1 is 0.941 bits per heavy atom. The summed E-state index contributed by atoms with van der Waals surface area (Å²) in [6, 6.07) is 20.3. The van der Waals surface area contributed by atoms with Crippen molar-refractivity contribution in [1.82, 2.24) is 25.0 Å². The van der Waals surface area contributed by atoms with Crippen molar-refractivity contribution in [3.8, 4) is 22.5 Å². The molecule has 5 rings (SSSR count). The van der Waals surface area contributed by atoms with Gasteiger partial charge in [-0.1, -0.05) is 48.5 Å². The molecule has 0 spiro atoms. The fraction of sp³-hybridized carbons (Fsp3) is 0.192. The Morgan fingerprint density at radius 2 is 1.68 bits per heavy atom. The number of amides is 1. The first-order chi connectivity index (χ1) is 16.6. The van der Waals surface area contributed by atoms with E-state index in [0.717, 1.165) is 22.4 Å². The zero-order valence-corrected chi connectivity index (χ0v) is 18.4. The van der Waals surface area contributed by atoms with Crippen LogP contribution in [-0.4, -0.2) is 62.4 Å². The minimum Gasteiger partial charge on any atom is -0.465 e. The fourth-order valence-corrected chi connectivity index (χ4v) is 4.49. The van der Waals surface area contributed by atoms with E-state index in [0.29, 0.717) is 37.4 Å². The monoisotopic (exact) mass is 457 g/mol. The molecule has 4 aromatic rings. The number of H-pyrrole nitrogens is 1. The number of carboxylic acid groups (broad SMARTS) is 1. The quantitative estimate of drug-likeness (QED) is 0.455. The predicted molar refractivity (Wildman–Crippen MR) is 127 cm³/mol. The van der Waals surface area contributed by atoms with Crippen molar-refractivity contribution in [2.24, 2.45) is 0 Å². The number of nitrogens with one attached hydrogen (secondary N) is 1. The molecule has 1 saturated heterocycles. The van der Waals surface area contributed by atoms with Gasteiger partial charge >= 0.3 is 6.09 Å². The lowest BCUT2D eigenvalue weighted by atomic mass is 9.94. The molecular weight excluding hydrogens is 433 g/mol. The molecule has 8 heteroatoms. The number of pyridine rings is 1. The molecule has 2 aromatic carbocycles. The van der Waals surface area contributed by atoms with Crippen LogP contribution in [0.2, 0.25) is 0 Å². The second-order valence-corrected chi connectivity index (χ2v) is 8.23. The van der Waals surface area contributed by atoms with Crippen LogP contribution in [-0.2, 0) is 0 Å². The molecule has 1 aliphatic rings. The Hall–Kier alpha value is -4.04. The maximum atomic E-state index is 14.7. The average molecular weight is 458 g/mol. The Morgan fingerprint density at radius 3 is 2.35 bits per heavy atom. The van der Waals surface area contributed by atoms with Crippen LogP contribution in [0.15, 0.2) is 79.1 Å². The van der Waals surface area contributed by atoms with Gasteiger partial charge in [-0.15, -0.1) is 0 Å². The second kappa shape index (κ2) is 9.44. The zero-order valence-electron chi connectivity index (χ0n) is 18.4. The number of nitrogens with zero attached hydrogens (tertiary/aromatic N) is 4. The lowest BCUT2D eigenvalue weighted by Gasteiger charge is -2.38. The zero-order chi connectivity index (χ0) is 23.5. The number of carbonyl (C=O) groups is 1. The standard InChI is InChI=1S/C26H24FN5O2/c27-22-9-5-4-8-20(22)24-21(17-29-30-24)25(31-12-14-32(15-13-31)26(33)34)19-10-11-23(28-16-19)18-6-2-1-3-7-18/h1-11,16-17,25H,12-15H2,(H,29,30)(H,33,34). The summed E-state index contributed by atoms with van der Waals surface area (Å²) in [5.74, 6) is -0.333. The largest absolute Gasteiger partial charge is 0.465 e. The molecule has 34 heavy (non-hydrogen) atoms. The van der Waals surface area contributed by atoms with E-state index in [-0.39, 0.29) is 11.9 Å². The van der Waals surface area contributed by atoms with Crippen LogP contribution in [0.5, 0.6) is 0 Å². The molecule has 0 bridgehead atoms. The lowest BCUT2D eigenvalue weighted by Crippen LogP contribution is -2.49. The number of aromatic amines is 1. The minimum atomic E-state index is -0.916. The first-order valence-electron chi connectivity index (χ1n) is 11.1. The van der Waals surface area contributed by atoms with E-state index >= 15 is 0 Å². The van der Waals surface area contributed by atoms with Gasteiger partial charge in [0.2, 0.25) is 0 Å². The Bertz CT molecular complexity index is 1270. The summed E-state index contributed by atoms with van der Waals surface area (Å²) < 4.78 is 14.7. The molecule has 2 aromatic heterocycles. The van der Waals surface area contributed by atoms with Crippen molar-refractivity contribution in [2.75, 3.05) is 26.2 Å². The van der Waals surface area contributed by atoms with Crippen molar-refractivity contribution in [1.29, 1.82) is 0 Å². The number of halogens is 1. The summed E-state index contributed by atoms with van der Waals surface area (Å²) in [5, 5.41) is 16.6. The van der Waals surface area contributed by atoms with E-state index < -0.39 is 6.09 Å². The summed E-state index contributed by atoms with van der Waals surface area (Å²) in [4.78, 5) is 19.7. The summed E-state index contributed by atoms with van der Waals surface area (Å²) in [7, 11) is 0. The van der Waals surface area contributed by atoms with Crippen molar-refractivity contribution >= 4 is 6.09 Å². The summed E-state index contributed by atoms with van der Waals surface area (Å²) >= 11 is 0. The van der Waals surface area contributed by atoms with Gasteiger partial charge in [0.05, 0.1) is 23.6 Å². The summed E-state index contributed by atoms with van der Waals surface area (Å²) in [6.45, 7) is 1.88. The number of piperazine rings is 1. The molecule has 0 saturated carbocycles. The van der Waals surface area contributed by atoms with Crippen molar-refractivity contribution < 1.29 is 14.3 Å². The van der Waals surface area contributed by atoms with Crippen LogP contribution in [0, 0.1) is 5.82 Å². The van der Waals surface area contributed by atoms with Gasteiger partial charge < -0.3 is 10.0 Å². The van der Waals surface area contributed by atoms with Gasteiger partial charge in [-0.2, -0.15) is 5.10 Å². The smallest absolute Gasteiger partial charge is 0.407 e. The molecule has 0 radical (unpaired) electrons. The van der Waals surface area contributed by atoms with Crippen molar-refractivity contribution in [3.63, 3.8) is 0 Å². The highest BCUT2D eigenvalue weighted by Gasteiger charge is 2.31. The fourth-order valence-electron chi connectivity index (χ4n) is 4.49. The van der Waals surface area contributed by atoms with E-state index in [9.17, 15) is 14.3 Å². The van der Waals surface area contributed by atoms with Crippen LogP contribution >= 0.6 is 0 Å². The van der Waals surface area contributed by atoms with Crippen LogP contribution < -0.4 is 0 Å². The van der Waals surface area contributed by atoms with Crippen LogP contribution in [0.4, 0.5) is 9.18 Å². The maximum Gasteiger partial charge on any atom is 0.407 e. The highest BCUT2D eigenvalue weighted by Crippen LogP contribution is 2.36. The maximum absolute atomic E-state index is 14.7. The highest BCUT2D eigenvalue weighted by atomic mass is 19.1. The van der Waals surface area contributed by atoms with E-state index in [1.807, 2.05) is 48.7 Å². The molecule has 1 atom stereocenters. The number of aromatic nitrogens is 3. The normalized spacial score (nSPS) is 15.3. The van der Waals surface area contributed by atoms with Gasteiger partial charge in [0, 0.05) is 49.1 Å². The van der Waals surface area contributed by atoms with Crippen LogP contribution in [0.1, 0.15) is 17.2 Å². The Labute approximate surface area is 196 Å². The Balaban J connectivity index is 1.54. The SMILES string of the molecule is O=C(O)N1CCN(C(c2ccc(-c3ccccc3)nc2)c2cn[nH]c2-c2ccccc2F)CC1. The van der Waals surface area contributed by atoms with Gasteiger partial charge in [0.25, 0.3) is 0 Å². The Kier molecular flexibility index (Phi) is 6.05. The molecule has 0 aliphatic carbocycles. The summed E-state index contributed by atoms with van der Waals surface area (Å²) in [6.07, 6.45) is 2.65. The van der Waals surface area contributed by atoms with Gasteiger partial charge in [0.1, 0.15) is 5.82 Å². The van der Waals surface area contributed by atoms with Gasteiger partial charge in [-0.25, -0.2) is 9.18 Å². The molecular formula is C26H24FN5O2. The molecule has 2 N–H and O–H groups in total. The van der Waals surface area contributed by atoms with Crippen LogP contribution in [0.25, 0.3) is 22.5 Å². The third kappa shape index (κ3) is 4.27. The first-order valence-corrected chi connectivity index (χ1v) is 11.1. The average Bonchev–Trinajstić information content (AvgIpc) is 3.35. The minimum absolute atomic E-state index is 0.262. The molecule has 1 unspecified atom stereocenters. The van der Waals surface area contributed by atoms with Crippen molar-refractivity contribution in [3.05, 3.63) is 96.1 Å².